The molecule has 1 saturated carbocycles. The summed E-state index contributed by atoms with van der Waals surface area (Å²) in [7, 11) is 1.40. The van der Waals surface area contributed by atoms with Crippen molar-refractivity contribution in [2.45, 2.75) is 38.2 Å². The van der Waals surface area contributed by atoms with Gasteiger partial charge in [0, 0.05) is 7.05 Å². The number of aromatic nitrogens is 2. The summed E-state index contributed by atoms with van der Waals surface area (Å²) in [4.78, 5) is 39.2. The van der Waals surface area contributed by atoms with E-state index >= 15 is 0 Å². The molecule has 0 aliphatic heterocycles. The Hall–Kier alpha value is -2.78. The molecule has 0 spiro atoms. The van der Waals surface area contributed by atoms with Crippen LogP contribution in [-0.4, -0.2) is 47.2 Å². The monoisotopic (exact) mass is 336 g/mol. The lowest BCUT2D eigenvalue weighted by Gasteiger charge is -2.21. The molecule has 10 heteroatoms. The normalized spacial score (nSPS) is 14.7. The Balaban J connectivity index is 1.92. The van der Waals surface area contributed by atoms with E-state index in [1.165, 1.54) is 7.05 Å². The third-order valence-electron chi connectivity index (χ3n) is 3.74. The van der Waals surface area contributed by atoms with Gasteiger partial charge in [0.1, 0.15) is 19.0 Å². The number of nitrogens with one attached hydrogen (secondary N) is 3. The Kier molecular flexibility index (Phi) is 5.99. The second-order valence-corrected chi connectivity index (χ2v) is 5.39. The van der Waals surface area contributed by atoms with Crippen LogP contribution in [0.25, 0.3) is 0 Å². The highest BCUT2D eigenvalue weighted by Gasteiger charge is 2.22. The zero-order chi connectivity index (χ0) is 17.5. The van der Waals surface area contributed by atoms with Gasteiger partial charge in [0.2, 0.25) is 0 Å². The molecule has 0 atom stereocenters. The molecular formula is C14H20N6O4. The molecule has 0 saturated heterocycles. The van der Waals surface area contributed by atoms with Crippen LogP contribution in [0.3, 0.4) is 0 Å². The Bertz CT molecular complexity index is 635. The lowest BCUT2D eigenvalue weighted by Crippen LogP contribution is -2.33. The molecule has 2 amide bonds. The van der Waals surface area contributed by atoms with Crippen LogP contribution >= 0.6 is 0 Å². The minimum Gasteiger partial charge on any atom is -0.461 e. The van der Waals surface area contributed by atoms with E-state index in [0.717, 1.165) is 43.0 Å². The Morgan fingerprint density at radius 3 is 2.71 bits per heavy atom. The maximum atomic E-state index is 12.1. The topological polar surface area (TPSA) is 139 Å². The van der Waals surface area contributed by atoms with E-state index < -0.39 is 17.9 Å². The molecule has 0 bridgehead atoms. The van der Waals surface area contributed by atoms with E-state index in [4.69, 9.17) is 10.3 Å². The van der Waals surface area contributed by atoms with Crippen molar-refractivity contribution in [1.29, 1.82) is 5.53 Å². The van der Waals surface area contributed by atoms with E-state index in [9.17, 15) is 14.4 Å². The van der Waals surface area contributed by atoms with Gasteiger partial charge in [-0.15, -0.1) is 5.11 Å². The standard InChI is InChI=1S/C14H20N6O4/c1-16-14(23)20-8-18-11(12(20)19-15)13(22)17-7-10(21)24-9-5-3-2-4-6-9/h8-9,15H,2-7H2,1H3,(H,16,23)(H,17,22). The lowest BCUT2D eigenvalue weighted by atomic mass is 9.98. The molecule has 1 aliphatic carbocycles. The van der Waals surface area contributed by atoms with Gasteiger partial charge in [-0.25, -0.2) is 19.9 Å². The number of esters is 1. The van der Waals surface area contributed by atoms with Crippen molar-refractivity contribution >= 4 is 23.7 Å². The third kappa shape index (κ3) is 4.15. The van der Waals surface area contributed by atoms with Gasteiger partial charge in [-0.05, 0) is 25.7 Å². The van der Waals surface area contributed by atoms with Crippen molar-refractivity contribution in [3.05, 3.63) is 12.0 Å². The minimum absolute atomic E-state index is 0.0885. The first-order chi connectivity index (χ1) is 11.6. The smallest absolute Gasteiger partial charge is 0.328 e. The summed E-state index contributed by atoms with van der Waals surface area (Å²) in [5.41, 5.74) is 6.89. The molecule has 1 aliphatic rings. The van der Waals surface area contributed by atoms with Crippen LogP contribution in [-0.2, 0) is 9.53 Å². The molecule has 130 valence electrons. The molecule has 24 heavy (non-hydrogen) atoms. The molecule has 0 aromatic carbocycles. The van der Waals surface area contributed by atoms with Gasteiger partial charge < -0.3 is 15.4 Å². The zero-order valence-corrected chi connectivity index (χ0v) is 13.4. The van der Waals surface area contributed by atoms with Gasteiger partial charge >= 0.3 is 12.0 Å². The van der Waals surface area contributed by atoms with Crippen LogP contribution in [0.4, 0.5) is 10.6 Å². The van der Waals surface area contributed by atoms with Crippen molar-refractivity contribution < 1.29 is 19.1 Å². The quantitative estimate of drug-likeness (QED) is 0.550. The average Bonchev–Trinajstić information content (AvgIpc) is 3.04. The first-order valence-electron chi connectivity index (χ1n) is 7.71. The van der Waals surface area contributed by atoms with Gasteiger partial charge in [0.15, 0.2) is 11.5 Å². The third-order valence-corrected chi connectivity index (χ3v) is 3.74. The van der Waals surface area contributed by atoms with E-state index in [1.54, 1.807) is 0 Å². The highest BCUT2D eigenvalue weighted by Crippen LogP contribution is 2.20. The Morgan fingerprint density at radius 1 is 1.38 bits per heavy atom. The molecule has 1 heterocycles. The van der Waals surface area contributed by atoms with Gasteiger partial charge in [-0.2, -0.15) is 0 Å². The fourth-order valence-electron chi connectivity index (χ4n) is 2.52. The minimum atomic E-state index is -0.704. The highest BCUT2D eigenvalue weighted by atomic mass is 16.5. The summed E-state index contributed by atoms with van der Waals surface area (Å²) in [5.74, 6) is -1.44. The SMILES string of the molecule is CNC(=O)n1cnc(C(=O)NCC(=O)OC2CCCCC2)c1N=N. The lowest BCUT2D eigenvalue weighted by molar-refractivity contribution is -0.149. The molecule has 10 nitrogen and oxygen atoms in total. The summed E-state index contributed by atoms with van der Waals surface area (Å²) >= 11 is 0. The van der Waals surface area contributed by atoms with Crippen molar-refractivity contribution in [2.75, 3.05) is 13.6 Å². The summed E-state index contributed by atoms with van der Waals surface area (Å²) in [6.45, 7) is -0.306. The number of hydrogen-bond donors (Lipinski definition) is 3. The highest BCUT2D eigenvalue weighted by molar-refractivity contribution is 5.99. The molecule has 0 radical (unpaired) electrons. The average molecular weight is 336 g/mol. The number of hydrogen-bond acceptors (Lipinski definition) is 7. The summed E-state index contributed by atoms with van der Waals surface area (Å²) in [6.07, 6.45) is 5.91. The fourth-order valence-corrected chi connectivity index (χ4v) is 2.52. The second-order valence-electron chi connectivity index (χ2n) is 5.39. The largest absolute Gasteiger partial charge is 0.461 e. The number of imidazole rings is 1. The van der Waals surface area contributed by atoms with E-state index in [-0.39, 0.29) is 24.2 Å². The van der Waals surface area contributed by atoms with Crippen LogP contribution in [0.2, 0.25) is 0 Å². The van der Waals surface area contributed by atoms with Gasteiger partial charge in [-0.3, -0.25) is 9.59 Å². The molecule has 1 aromatic heterocycles. The number of rotatable bonds is 5. The molecule has 2 rings (SSSR count). The molecule has 3 N–H and O–H groups in total. The Morgan fingerprint density at radius 2 is 2.08 bits per heavy atom. The maximum Gasteiger partial charge on any atom is 0.328 e. The van der Waals surface area contributed by atoms with Crippen LogP contribution in [0.15, 0.2) is 11.4 Å². The van der Waals surface area contributed by atoms with Gasteiger partial charge in [0.25, 0.3) is 5.91 Å². The maximum absolute atomic E-state index is 12.1. The predicted octanol–water partition coefficient (Wildman–Crippen LogP) is 1.34. The van der Waals surface area contributed by atoms with Crippen LogP contribution in [0.5, 0.6) is 0 Å². The summed E-state index contributed by atoms with van der Waals surface area (Å²) in [5, 5.41) is 7.86. The Labute approximate surface area is 138 Å². The van der Waals surface area contributed by atoms with Crippen molar-refractivity contribution in [3.63, 3.8) is 0 Å². The second kappa shape index (κ2) is 8.18. The number of nitrogens with zero attached hydrogens (tertiary/aromatic N) is 3. The van der Waals surface area contributed by atoms with Crippen molar-refractivity contribution in [1.82, 2.24) is 20.2 Å². The zero-order valence-electron chi connectivity index (χ0n) is 13.4. The fraction of sp³-hybridized carbons (Fsp3) is 0.571. The van der Waals surface area contributed by atoms with E-state index in [2.05, 4.69) is 20.7 Å². The van der Waals surface area contributed by atoms with Crippen molar-refractivity contribution in [2.24, 2.45) is 5.11 Å². The molecular weight excluding hydrogens is 316 g/mol. The number of amides is 2. The molecule has 1 aromatic rings. The molecule has 1 fully saturated rings. The summed E-state index contributed by atoms with van der Waals surface area (Å²) < 4.78 is 6.22. The van der Waals surface area contributed by atoms with Crippen LogP contribution in [0.1, 0.15) is 42.6 Å². The van der Waals surface area contributed by atoms with Gasteiger partial charge in [0.05, 0.1) is 0 Å². The predicted molar refractivity (Wildman–Crippen MR) is 82.2 cm³/mol. The van der Waals surface area contributed by atoms with Gasteiger partial charge in [-0.1, -0.05) is 6.42 Å². The first kappa shape index (κ1) is 17.6. The van der Waals surface area contributed by atoms with E-state index in [0.29, 0.717) is 0 Å². The van der Waals surface area contributed by atoms with Crippen molar-refractivity contribution in [3.8, 4) is 0 Å². The summed E-state index contributed by atoms with van der Waals surface area (Å²) in [6, 6.07) is -0.579. The number of carbonyl (C=O) groups is 3. The first-order valence-corrected chi connectivity index (χ1v) is 7.71. The van der Waals surface area contributed by atoms with E-state index in [1.807, 2.05) is 0 Å². The van der Waals surface area contributed by atoms with Crippen LogP contribution < -0.4 is 10.6 Å². The number of carbonyl (C=O) groups excluding carboxylic acids is 3. The van der Waals surface area contributed by atoms with Crippen LogP contribution in [0, 0.1) is 5.53 Å². The molecule has 0 unspecified atom stereocenters. The number of ether oxygens (including phenoxy) is 1.